The fourth-order valence-corrected chi connectivity index (χ4v) is 2.25. The molecule has 0 spiro atoms. The molecule has 1 radical (unpaired) electrons. The van der Waals surface area contributed by atoms with E-state index in [2.05, 4.69) is 26.0 Å². The van der Waals surface area contributed by atoms with Gasteiger partial charge in [-0.3, -0.25) is 0 Å². The molecule has 0 aliphatic rings. The summed E-state index contributed by atoms with van der Waals surface area (Å²) in [6.45, 7) is 6.15. The van der Waals surface area contributed by atoms with Crippen LogP contribution in [-0.2, 0) is 0 Å². The number of allylic oxidation sites excluding steroid dienone is 2. The van der Waals surface area contributed by atoms with E-state index >= 15 is 0 Å². The summed E-state index contributed by atoms with van der Waals surface area (Å²) in [4.78, 5) is 0. The second kappa shape index (κ2) is 16.7. The Bertz CT molecular complexity index is 157. The molecule has 0 saturated carbocycles. The second-order valence-electron chi connectivity index (χ2n) is 5.44. The third-order valence-corrected chi connectivity index (χ3v) is 3.51. The zero-order valence-corrected chi connectivity index (χ0v) is 12.8. The van der Waals surface area contributed by atoms with Crippen LogP contribution in [-0.4, -0.2) is 0 Å². The zero-order chi connectivity index (χ0) is 13.3. The van der Waals surface area contributed by atoms with E-state index < -0.39 is 0 Å². The Morgan fingerprint density at radius 3 is 1.56 bits per heavy atom. The Balaban J connectivity index is 2.98. The van der Waals surface area contributed by atoms with Crippen LogP contribution in [0, 0.1) is 6.92 Å². The Morgan fingerprint density at radius 2 is 1.06 bits per heavy atom. The molecule has 0 amide bonds. The highest BCUT2D eigenvalue weighted by molar-refractivity contribution is 4.81. The Hall–Kier alpha value is -0.260. The predicted molar refractivity (Wildman–Crippen MR) is 84.8 cm³/mol. The van der Waals surface area contributed by atoms with Crippen molar-refractivity contribution in [2.24, 2.45) is 0 Å². The van der Waals surface area contributed by atoms with Crippen LogP contribution in [0.2, 0.25) is 0 Å². The molecule has 0 aromatic heterocycles. The van der Waals surface area contributed by atoms with Crippen LogP contribution in [0.4, 0.5) is 0 Å². The molecule has 18 heavy (non-hydrogen) atoms. The first kappa shape index (κ1) is 17.7. The van der Waals surface area contributed by atoms with Gasteiger partial charge in [-0.2, -0.15) is 0 Å². The van der Waals surface area contributed by atoms with Crippen molar-refractivity contribution < 1.29 is 0 Å². The van der Waals surface area contributed by atoms with Gasteiger partial charge in [0, 0.05) is 0 Å². The Morgan fingerprint density at radius 1 is 0.611 bits per heavy atom. The number of hydrogen-bond acceptors (Lipinski definition) is 0. The van der Waals surface area contributed by atoms with Crippen LogP contribution in [0.3, 0.4) is 0 Å². The van der Waals surface area contributed by atoms with Crippen molar-refractivity contribution >= 4 is 0 Å². The van der Waals surface area contributed by atoms with Gasteiger partial charge in [0.25, 0.3) is 0 Å². The van der Waals surface area contributed by atoms with E-state index in [4.69, 9.17) is 0 Å². The third kappa shape index (κ3) is 15.7. The van der Waals surface area contributed by atoms with E-state index in [9.17, 15) is 0 Å². The van der Waals surface area contributed by atoms with Gasteiger partial charge in [-0.05, 0) is 25.7 Å². The molecule has 0 heteroatoms. The lowest BCUT2D eigenvalue weighted by molar-refractivity contribution is 0.566. The first-order chi connectivity index (χ1) is 8.91. The van der Waals surface area contributed by atoms with Gasteiger partial charge >= 0.3 is 0 Å². The fraction of sp³-hybridized carbons (Fsp3) is 0.833. The molecule has 107 valence electrons. The highest BCUT2D eigenvalue weighted by Gasteiger charge is 1.91. The molecule has 0 heterocycles. The maximum atomic E-state index is 3.86. The molecule has 0 aromatic rings. The van der Waals surface area contributed by atoms with Gasteiger partial charge < -0.3 is 0 Å². The van der Waals surface area contributed by atoms with Crippen molar-refractivity contribution in [1.82, 2.24) is 0 Å². The average Bonchev–Trinajstić information content (AvgIpc) is 2.39. The van der Waals surface area contributed by atoms with Crippen LogP contribution >= 0.6 is 0 Å². The van der Waals surface area contributed by atoms with Crippen LogP contribution in [0.15, 0.2) is 12.2 Å². The quantitative estimate of drug-likeness (QED) is 0.234. The highest BCUT2D eigenvalue weighted by atomic mass is 14.0. The fourth-order valence-electron chi connectivity index (χ4n) is 2.25. The number of unbranched alkanes of at least 4 members (excludes halogenated alkanes) is 12. The maximum Gasteiger partial charge on any atom is -0.0351 e. The van der Waals surface area contributed by atoms with Gasteiger partial charge in [0.15, 0.2) is 0 Å². The summed E-state index contributed by atoms with van der Waals surface area (Å²) < 4.78 is 0. The van der Waals surface area contributed by atoms with Crippen LogP contribution in [0.5, 0.6) is 0 Å². The molecule has 0 aliphatic heterocycles. The summed E-state index contributed by atoms with van der Waals surface area (Å²) in [6, 6.07) is 0. The molecule has 0 N–H and O–H groups in total. The maximum absolute atomic E-state index is 3.86. The van der Waals surface area contributed by atoms with Crippen molar-refractivity contribution in [3.05, 3.63) is 19.1 Å². The summed E-state index contributed by atoms with van der Waals surface area (Å²) in [6.07, 6.45) is 23.9. The van der Waals surface area contributed by atoms with E-state index in [1.807, 2.05) is 0 Å². The largest absolute Gasteiger partial charge is 0.0885 e. The van der Waals surface area contributed by atoms with Gasteiger partial charge in [-0.1, -0.05) is 90.2 Å². The molecule has 0 atom stereocenters. The van der Waals surface area contributed by atoms with Crippen LogP contribution in [0.25, 0.3) is 0 Å². The summed E-state index contributed by atoms with van der Waals surface area (Å²) in [5, 5.41) is 0. The van der Waals surface area contributed by atoms with Crippen molar-refractivity contribution in [1.29, 1.82) is 0 Å². The van der Waals surface area contributed by atoms with Crippen molar-refractivity contribution in [2.45, 2.75) is 96.8 Å². The molecule has 0 aromatic carbocycles. The third-order valence-electron chi connectivity index (χ3n) is 3.51. The molecule has 0 saturated heterocycles. The Labute approximate surface area is 116 Å². The molecule has 0 bridgehead atoms. The minimum atomic E-state index is 1.09. The van der Waals surface area contributed by atoms with Crippen molar-refractivity contribution in [3.8, 4) is 0 Å². The highest BCUT2D eigenvalue weighted by Crippen LogP contribution is 2.10. The molecule has 0 unspecified atom stereocenters. The molecule has 0 fully saturated rings. The van der Waals surface area contributed by atoms with E-state index in [0.717, 1.165) is 6.42 Å². The smallest absolute Gasteiger partial charge is 0.0351 e. The van der Waals surface area contributed by atoms with Gasteiger partial charge in [-0.25, -0.2) is 0 Å². The van der Waals surface area contributed by atoms with E-state index in [1.165, 1.54) is 83.5 Å². The van der Waals surface area contributed by atoms with E-state index in [-0.39, 0.29) is 0 Å². The van der Waals surface area contributed by atoms with E-state index in [1.54, 1.807) is 0 Å². The normalized spacial score (nSPS) is 11.4. The molecular formula is C18H35. The average molecular weight is 251 g/mol. The van der Waals surface area contributed by atoms with Crippen LogP contribution < -0.4 is 0 Å². The predicted octanol–water partition coefficient (Wildman–Crippen LogP) is 6.86. The Kier molecular flexibility index (Phi) is 16.5. The van der Waals surface area contributed by atoms with Crippen molar-refractivity contribution in [3.63, 3.8) is 0 Å². The first-order valence-electron chi connectivity index (χ1n) is 8.36. The first-order valence-corrected chi connectivity index (χ1v) is 8.36. The number of rotatable bonds is 14. The minimum Gasteiger partial charge on any atom is -0.0885 e. The minimum absolute atomic E-state index is 1.09. The molecular weight excluding hydrogens is 216 g/mol. The summed E-state index contributed by atoms with van der Waals surface area (Å²) >= 11 is 0. The summed E-state index contributed by atoms with van der Waals surface area (Å²) in [7, 11) is 0. The molecule has 0 aliphatic carbocycles. The lowest BCUT2D eigenvalue weighted by Crippen LogP contribution is -1.80. The molecule has 0 rings (SSSR count). The standard InChI is InChI=1S/C18H35/c1-3-5-7-9-11-13-15-17-18-16-14-12-10-8-6-4-2/h11,13H,1,3-10,12,14-18H2,2H3. The lowest BCUT2D eigenvalue weighted by Gasteiger charge is -2.00. The van der Waals surface area contributed by atoms with E-state index in [0.29, 0.717) is 0 Å². The lowest BCUT2D eigenvalue weighted by atomic mass is 10.1. The topological polar surface area (TPSA) is 0 Å². The van der Waals surface area contributed by atoms with Gasteiger partial charge in [0.2, 0.25) is 0 Å². The van der Waals surface area contributed by atoms with Crippen molar-refractivity contribution in [2.75, 3.05) is 0 Å². The molecule has 0 nitrogen and oxygen atoms in total. The number of hydrogen-bond donors (Lipinski definition) is 0. The summed E-state index contributed by atoms with van der Waals surface area (Å²) in [5.41, 5.74) is 0. The SMILES string of the molecule is [CH2]CCCCC=CCCCCCCCCCCC. The summed E-state index contributed by atoms with van der Waals surface area (Å²) in [5.74, 6) is 0. The van der Waals surface area contributed by atoms with Crippen LogP contribution in [0.1, 0.15) is 96.8 Å². The second-order valence-corrected chi connectivity index (χ2v) is 5.44. The monoisotopic (exact) mass is 251 g/mol. The van der Waals surface area contributed by atoms with Gasteiger partial charge in [-0.15, -0.1) is 0 Å². The zero-order valence-electron chi connectivity index (χ0n) is 12.8. The van der Waals surface area contributed by atoms with Gasteiger partial charge in [0.05, 0.1) is 0 Å². The van der Waals surface area contributed by atoms with Gasteiger partial charge in [0.1, 0.15) is 0 Å².